The van der Waals surface area contributed by atoms with E-state index in [0.717, 1.165) is 10.3 Å². The fourth-order valence-corrected chi connectivity index (χ4v) is 1.32. The van der Waals surface area contributed by atoms with Crippen molar-refractivity contribution in [3.8, 4) is 0 Å². The minimum Gasteiger partial charge on any atom is -0.345 e. The number of nitrogens with zero attached hydrogens (tertiary/aromatic N) is 1. The summed E-state index contributed by atoms with van der Waals surface area (Å²) in [6.45, 7) is 9.83. The molecule has 0 unspecified atom stereocenters. The van der Waals surface area contributed by atoms with Crippen molar-refractivity contribution in [2.45, 2.75) is 34.6 Å². The van der Waals surface area contributed by atoms with Gasteiger partial charge in [0.2, 0.25) is 0 Å². The molecule has 0 saturated heterocycles. The average molecular weight is 239 g/mol. The van der Waals surface area contributed by atoms with Gasteiger partial charge >= 0.3 is 5.69 Å². The first kappa shape index (κ1) is 15.2. The van der Waals surface area contributed by atoms with Gasteiger partial charge in [0.15, 0.2) is 0 Å². The topological polar surface area (TPSA) is 70.7 Å². The van der Waals surface area contributed by atoms with Crippen molar-refractivity contribution in [2.24, 2.45) is 7.05 Å². The predicted octanol–water partition coefficient (Wildman–Crippen LogP) is 1.92. The summed E-state index contributed by atoms with van der Waals surface area (Å²) in [5, 5.41) is 0.514. The fraction of sp³-hybridized carbons (Fsp3) is 0.500. The Morgan fingerprint density at radius 2 is 1.59 bits per heavy atom. The van der Waals surface area contributed by atoms with E-state index < -0.39 is 5.69 Å². The lowest BCUT2D eigenvalue weighted by atomic mass is 10.4. The third kappa shape index (κ3) is 3.09. The Morgan fingerprint density at radius 3 is 2.12 bits per heavy atom. The van der Waals surface area contributed by atoms with E-state index in [-0.39, 0.29) is 5.56 Å². The highest BCUT2D eigenvalue weighted by Gasteiger charge is 2.05. The zero-order valence-corrected chi connectivity index (χ0v) is 11.3. The zero-order chi connectivity index (χ0) is 13.6. The standard InChI is InChI=1S/C8H9N3O2.2C2H6/c1-4-3-5-6(9-4)10-8(13)11(2)7(5)12;2*1-2/h3,9H,1-2H3,(H,10,13);2*1-2H3. The molecule has 2 rings (SSSR count). The van der Waals surface area contributed by atoms with Crippen LogP contribution in [0.2, 0.25) is 0 Å². The number of aryl methyl sites for hydroxylation is 1. The lowest BCUT2D eigenvalue weighted by Crippen LogP contribution is -2.31. The summed E-state index contributed by atoms with van der Waals surface area (Å²) >= 11 is 0. The van der Waals surface area contributed by atoms with Gasteiger partial charge < -0.3 is 4.98 Å². The Morgan fingerprint density at radius 1 is 1.06 bits per heavy atom. The molecule has 0 aliphatic rings. The Kier molecular flexibility index (Phi) is 6.02. The van der Waals surface area contributed by atoms with Crippen LogP contribution in [0.25, 0.3) is 11.0 Å². The number of hydrogen-bond acceptors (Lipinski definition) is 2. The highest BCUT2D eigenvalue weighted by Crippen LogP contribution is 2.04. The molecule has 2 N–H and O–H groups in total. The molecule has 0 saturated carbocycles. The molecule has 0 amide bonds. The molecule has 0 spiro atoms. The second-order valence-electron chi connectivity index (χ2n) is 3.04. The van der Waals surface area contributed by atoms with Crippen LogP contribution >= 0.6 is 0 Å². The first-order valence-corrected chi connectivity index (χ1v) is 5.88. The van der Waals surface area contributed by atoms with E-state index in [1.165, 1.54) is 7.05 Å². The van der Waals surface area contributed by atoms with Crippen molar-refractivity contribution in [1.82, 2.24) is 14.5 Å². The second-order valence-corrected chi connectivity index (χ2v) is 3.04. The Balaban J connectivity index is 0.000000581. The number of aromatic nitrogens is 3. The largest absolute Gasteiger partial charge is 0.345 e. The van der Waals surface area contributed by atoms with Crippen LogP contribution in [0.4, 0.5) is 0 Å². The molecule has 2 aromatic heterocycles. The Bertz CT molecular complexity index is 575. The maximum absolute atomic E-state index is 11.5. The van der Waals surface area contributed by atoms with E-state index >= 15 is 0 Å². The maximum atomic E-state index is 11.5. The molecule has 5 nitrogen and oxygen atoms in total. The summed E-state index contributed by atoms with van der Waals surface area (Å²) in [5.41, 5.74) is 0.669. The summed E-state index contributed by atoms with van der Waals surface area (Å²) in [6.07, 6.45) is 0. The quantitative estimate of drug-likeness (QED) is 0.737. The normalized spacial score (nSPS) is 9.06. The Hall–Kier alpha value is -1.78. The van der Waals surface area contributed by atoms with Crippen molar-refractivity contribution < 1.29 is 0 Å². The molecule has 96 valence electrons. The number of H-pyrrole nitrogens is 2. The molecule has 2 heterocycles. The first-order valence-electron chi connectivity index (χ1n) is 5.88. The van der Waals surface area contributed by atoms with Crippen LogP contribution in [0.3, 0.4) is 0 Å². The summed E-state index contributed by atoms with van der Waals surface area (Å²) in [7, 11) is 1.45. The minimum atomic E-state index is -0.403. The monoisotopic (exact) mass is 239 g/mol. The minimum absolute atomic E-state index is 0.275. The van der Waals surface area contributed by atoms with Gasteiger partial charge in [-0.3, -0.25) is 14.3 Å². The summed E-state index contributed by atoms with van der Waals surface area (Å²) < 4.78 is 1.05. The van der Waals surface area contributed by atoms with Crippen molar-refractivity contribution >= 4 is 11.0 Å². The third-order valence-electron chi connectivity index (χ3n) is 2.02. The van der Waals surface area contributed by atoms with Crippen molar-refractivity contribution in [2.75, 3.05) is 0 Å². The number of hydrogen-bond donors (Lipinski definition) is 2. The van der Waals surface area contributed by atoms with Gasteiger partial charge in [0.05, 0.1) is 5.39 Å². The SMILES string of the molecule is CC.CC.Cc1cc2c(=O)n(C)c(=O)[nH]c2[nH]1. The van der Waals surface area contributed by atoms with Crippen molar-refractivity contribution in [1.29, 1.82) is 0 Å². The number of fused-ring (bicyclic) bond motifs is 1. The molecule has 0 radical (unpaired) electrons. The Labute approximate surface area is 100 Å². The van der Waals surface area contributed by atoms with Crippen LogP contribution in [0.15, 0.2) is 15.7 Å². The molecule has 0 aliphatic carbocycles. The molecule has 17 heavy (non-hydrogen) atoms. The second kappa shape index (κ2) is 6.73. The summed E-state index contributed by atoms with van der Waals surface area (Å²) in [4.78, 5) is 28.1. The number of aromatic amines is 2. The number of rotatable bonds is 0. The average Bonchev–Trinajstić information content (AvgIpc) is 2.72. The van der Waals surface area contributed by atoms with Gasteiger partial charge in [-0.1, -0.05) is 27.7 Å². The van der Waals surface area contributed by atoms with E-state index in [1.54, 1.807) is 6.07 Å². The molecule has 0 fully saturated rings. The summed E-state index contributed by atoms with van der Waals surface area (Å²) in [6, 6.07) is 1.72. The van der Waals surface area contributed by atoms with Gasteiger partial charge in [-0.15, -0.1) is 0 Å². The molecular formula is C12H21N3O2. The zero-order valence-electron chi connectivity index (χ0n) is 11.3. The molecular weight excluding hydrogens is 218 g/mol. The molecule has 0 aliphatic heterocycles. The molecule has 2 aromatic rings. The lowest BCUT2D eigenvalue weighted by Gasteiger charge is -1.94. The highest BCUT2D eigenvalue weighted by atomic mass is 16.2. The number of nitrogens with one attached hydrogen (secondary N) is 2. The molecule has 5 heteroatoms. The molecule has 0 aromatic carbocycles. The van der Waals surface area contributed by atoms with E-state index in [9.17, 15) is 9.59 Å². The van der Waals surface area contributed by atoms with Gasteiger partial charge in [-0.2, -0.15) is 0 Å². The molecule has 0 atom stereocenters. The highest BCUT2D eigenvalue weighted by molar-refractivity contribution is 5.74. The van der Waals surface area contributed by atoms with Crippen LogP contribution < -0.4 is 11.2 Å². The fourth-order valence-electron chi connectivity index (χ4n) is 1.32. The molecule has 0 bridgehead atoms. The maximum Gasteiger partial charge on any atom is 0.329 e. The van der Waals surface area contributed by atoms with E-state index in [4.69, 9.17) is 0 Å². The third-order valence-corrected chi connectivity index (χ3v) is 2.02. The van der Waals surface area contributed by atoms with Crippen LogP contribution in [-0.2, 0) is 7.05 Å². The first-order chi connectivity index (χ1) is 8.09. The van der Waals surface area contributed by atoms with Crippen LogP contribution in [0.1, 0.15) is 33.4 Å². The van der Waals surface area contributed by atoms with Gasteiger partial charge in [0.1, 0.15) is 5.65 Å². The van der Waals surface area contributed by atoms with Gasteiger partial charge in [-0.25, -0.2) is 4.79 Å². The van der Waals surface area contributed by atoms with Crippen LogP contribution in [0, 0.1) is 6.92 Å². The van der Waals surface area contributed by atoms with Gasteiger partial charge in [0.25, 0.3) is 5.56 Å². The van der Waals surface area contributed by atoms with Crippen molar-refractivity contribution in [3.63, 3.8) is 0 Å². The van der Waals surface area contributed by atoms with Crippen LogP contribution in [0.5, 0.6) is 0 Å². The van der Waals surface area contributed by atoms with Crippen LogP contribution in [-0.4, -0.2) is 14.5 Å². The van der Waals surface area contributed by atoms with E-state index in [1.807, 2.05) is 34.6 Å². The smallest absolute Gasteiger partial charge is 0.329 e. The van der Waals surface area contributed by atoms with Gasteiger partial charge in [0, 0.05) is 12.7 Å². The lowest BCUT2D eigenvalue weighted by molar-refractivity contribution is 0.792. The van der Waals surface area contributed by atoms with E-state index in [2.05, 4.69) is 9.97 Å². The van der Waals surface area contributed by atoms with E-state index in [0.29, 0.717) is 11.0 Å². The van der Waals surface area contributed by atoms with Gasteiger partial charge in [-0.05, 0) is 13.0 Å². The van der Waals surface area contributed by atoms with Crippen molar-refractivity contribution in [3.05, 3.63) is 32.6 Å². The predicted molar refractivity (Wildman–Crippen MR) is 71.6 cm³/mol. The summed E-state index contributed by atoms with van der Waals surface area (Å²) in [5.74, 6) is 0.